The van der Waals surface area contributed by atoms with Crippen molar-refractivity contribution in [2.75, 3.05) is 40.4 Å². The van der Waals surface area contributed by atoms with Crippen LogP contribution in [0.15, 0.2) is 11.6 Å². The number of carbonyl (C=O) groups excluding carboxylic acids is 2. The van der Waals surface area contributed by atoms with Crippen LogP contribution in [0.5, 0.6) is 0 Å². The SMILES string of the molecule is CO[C@H]1C([C@@]2(C)O[C@@H]2CC=C(C)C)[C@]2(CC[C@H]1OC(=O)N1CCC3(CCN(C)C(=O)C3)CC1)CO2. The minimum Gasteiger partial charge on any atom is -0.443 e. The van der Waals surface area contributed by atoms with Gasteiger partial charge in [0.25, 0.3) is 0 Å². The van der Waals surface area contributed by atoms with Gasteiger partial charge in [0.1, 0.15) is 23.4 Å². The van der Waals surface area contributed by atoms with Crippen LogP contribution < -0.4 is 0 Å². The lowest BCUT2D eigenvalue weighted by Crippen LogP contribution is -2.56. The molecule has 5 fully saturated rings. The third-order valence-electron chi connectivity index (χ3n) is 9.50. The van der Waals surface area contributed by atoms with Gasteiger partial charge in [-0.3, -0.25) is 4.79 Å². The zero-order valence-electron chi connectivity index (χ0n) is 22.0. The van der Waals surface area contributed by atoms with Crippen LogP contribution in [0.4, 0.5) is 4.79 Å². The number of amides is 2. The fraction of sp³-hybridized carbons (Fsp3) is 0.852. The van der Waals surface area contributed by atoms with E-state index in [4.69, 9.17) is 18.9 Å². The predicted molar refractivity (Wildman–Crippen MR) is 130 cm³/mol. The summed E-state index contributed by atoms with van der Waals surface area (Å²) in [6.45, 7) is 9.17. The molecule has 0 aromatic carbocycles. The molecule has 4 aliphatic heterocycles. The van der Waals surface area contributed by atoms with Crippen LogP contribution >= 0.6 is 0 Å². The third kappa shape index (κ3) is 4.62. The lowest BCUT2D eigenvalue weighted by atomic mass is 9.68. The number of allylic oxidation sites excluding steroid dienone is 1. The van der Waals surface area contributed by atoms with Gasteiger partial charge in [-0.05, 0) is 64.7 Å². The van der Waals surface area contributed by atoms with Gasteiger partial charge in [-0.25, -0.2) is 4.79 Å². The molecule has 5 rings (SSSR count). The lowest BCUT2D eigenvalue weighted by Gasteiger charge is -2.46. The second-order valence-corrected chi connectivity index (χ2v) is 12.0. The average Bonchev–Trinajstić information content (AvgIpc) is 3.74. The highest BCUT2D eigenvalue weighted by atomic mass is 16.6. The monoisotopic (exact) mass is 490 g/mol. The number of piperidine rings is 2. The van der Waals surface area contributed by atoms with Gasteiger partial charge in [0.05, 0.1) is 18.6 Å². The number of methoxy groups -OCH3 is 1. The van der Waals surface area contributed by atoms with E-state index in [1.807, 2.05) is 16.8 Å². The second-order valence-electron chi connectivity index (χ2n) is 12.0. The van der Waals surface area contributed by atoms with Crippen LogP contribution in [-0.2, 0) is 23.7 Å². The maximum Gasteiger partial charge on any atom is 0.410 e. The first-order valence-corrected chi connectivity index (χ1v) is 13.3. The van der Waals surface area contributed by atoms with E-state index in [0.717, 1.165) is 45.1 Å². The van der Waals surface area contributed by atoms with E-state index in [-0.39, 0.29) is 52.8 Å². The van der Waals surface area contributed by atoms with Crippen LogP contribution in [0.3, 0.4) is 0 Å². The van der Waals surface area contributed by atoms with Crippen molar-refractivity contribution < 1.29 is 28.5 Å². The smallest absolute Gasteiger partial charge is 0.410 e. The largest absolute Gasteiger partial charge is 0.443 e. The maximum atomic E-state index is 13.2. The Morgan fingerprint density at radius 2 is 1.86 bits per heavy atom. The van der Waals surface area contributed by atoms with Crippen molar-refractivity contribution in [3.8, 4) is 0 Å². The molecule has 6 atom stereocenters. The number of rotatable bonds is 5. The van der Waals surface area contributed by atoms with Gasteiger partial charge in [-0.1, -0.05) is 11.6 Å². The molecule has 2 spiro atoms. The molecule has 0 radical (unpaired) electrons. The van der Waals surface area contributed by atoms with Crippen molar-refractivity contribution in [3.63, 3.8) is 0 Å². The van der Waals surface area contributed by atoms with Crippen molar-refractivity contribution in [2.45, 2.75) is 95.2 Å². The Morgan fingerprint density at radius 3 is 2.46 bits per heavy atom. The summed E-state index contributed by atoms with van der Waals surface area (Å²) < 4.78 is 24.4. The molecule has 2 amide bonds. The molecule has 4 heterocycles. The van der Waals surface area contributed by atoms with Crippen LogP contribution in [0, 0.1) is 11.3 Å². The molecule has 0 bridgehead atoms. The first-order valence-electron chi connectivity index (χ1n) is 13.3. The average molecular weight is 491 g/mol. The van der Waals surface area contributed by atoms with Crippen LogP contribution in [-0.4, -0.2) is 91.7 Å². The van der Waals surface area contributed by atoms with Gasteiger partial charge >= 0.3 is 6.09 Å². The molecule has 8 heteroatoms. The standard InChI is InChI=1S/C27H42N2O6/c1-18(2)6-7-20-25(3,35-20)23-22(32-5)19(8-9-27(23)17-33-27)34-24(31)29-14-11-26(12-15-29)10-13-28(4)21(30)16-26/h6,19-20,22-23H,7-17H2,1-5H3/t19-,20-,22-,23?,25+,27+/m1/s1. The molecule has 5 aliphatic rings. The Bertz CT molecular complexity index is 873. The van der Waals surface area contributed by atoms with E-state index >= 15 is 0 Å². The van der Waals surface area contributed by atoms with Gasteiger partial charge in [0.2, 0.25) is 5.91 Å². The molecule has 1 saturated carbocycles. The normalized spacial score (nSPS) is 40.1. The molecule has 1 unspecified atom stereocenters. The zero-order valence-corrected chi connectivity index (χ0v) is 22.0. The maximum absolute atomic E-state index is 13.2. The van der Waals surface area contributed by atoms with Crippen molar-refractivity contribution in [3.05, 3.63) is 11.6 Å². The van der Waals surface area contributed by atoms with Gasteiger partial charge in [0.15, 0.2) is 0 Å². The highest BCUT2D eigenvalue weighted by Gasteiger charge is 2.72. The fourth-order valence-electron chi connectivity index (χ4n) is 6.94. The third-order valence-corrected chi connectivity index (χ3v) is 9.50. The van der Waals surface area contributed by atoms with E-state index in [1.165, 1.54) is 5.57 Å². The van der Waals surface area contributed by atoms with Crippen LogP contribution in [0.1, 0.15) is 65.7 Å². The van der Waals surface area contributed by atoms with Gasteiger partial charge in [-0.2, -0.15) is 0 Å². The highest BCUT2D eigenvalue weighted by Crippen LogP contribution is 2.59. The van der Waals surface area contributed by atoms with E-state index < -0.39 is 0 Å². The quantitative estimate of drug-likeness (QED) is 0.433. The minimum absolute atomic E-state index is 0.0250. The number of hydrogen-bond donors (Lipinski definition) is 0. The highest BCUT2D eigenvalue weighted by molar-refractivity contribution is 5.77. The molecule has 35 heavy (non-hydrogen) atoms. The molecule has 0 aromatic rings. The van der Waals surface area contributed by atoms with E-state index in [0.29, 0.717) is 26.1 Å². The summed E-state index contributed by atoms with van der Waals surface area (Å²) in [5, 5.41) is 0. The Balaban J connectivity index is 1.22. The van der Waals surface area contributed by atoms with E-state index in [9.17, 15) is 9.59 Å². The Labute approximate surface area is 209 Å². The lowest BCUT2D eigenvalue weighted by molar-refractivity contribution is -0.138. The molecule has 0 N–H and O–H groups in total. The Hall–Kier alpha value is -1.64. The summed E-state index contributed by atoms with van der Waals surface area (Å²) in [6.07, 6.45) is 7.29. The molecule has 196 valence electrons. The van der Waals surface area contributed by atoms with Crippen LogP contribution in [0.25, 0.3) is 0 Å². The Kier molecular flexibility index (Phi) is 6.46. The number of likely N-dealkylation sites (tertiary alicyclic amines) is 2. The topological polar surface area (TPSA) is 84.1 Å². The van der Waals surface area contributed by atoms with Gasteiger partial charge < -0.3 is 28.7 Å². The first kappa shape index (κ1) is 25.0. The predicted octanol–water partition coefficient (Wildman–Crippen LogP) is 3.53. The van der Waals surface area contributed by atoms with Crippen molar-refractivity contribution in [2.24, 2.45) is 11.3 Å². The van der Waals surface area contributed by atoms with Gasteiger partial charge in [-0.15, -0.1) is 0 Å². The molecular weight excluding hydrogens is 448 g/mol. The van der Waals surface area contributed by atoms with Crippen LogP contribution in [0.2, 0.25) is 0 Å². The zero-order chi connectivity index (χ0) is 25.0. The second kappa shape index (κ2) is 9.03. The summed E-state index contributed by atoms with van der Waals surface area (Å²) in [5.41, 5.74) is 0.758. The van der Waals surface area contributed by atoms with Crippen molar-refractivity contribution >= 4 is 12.0 Å². The molecule has 1 aliphatic carbocycles. The summed E-state index contributed by atoms with van der Waals surface area (Å²) in [6, 6.07) is 0. The Morgan fingerprint density at radius 1 is 1.17 bits per heavy atom. The fourth-order valence-corrected chi connectivity index (χ4v) is 6.94. The number of hydrogen-bond acceptors (Lipinski definition) is 6. The van der Waals surface area contributed by atoms with Crippen molar-refractivity contribution in [1.82, 2.24) is 9.80 Å². The van der Waals surface area contributed by atoms with E-state index in [2.05, 4.69) is 26.8 Å². The molecule has 4 saturated heterocycles. The number of carbonyl (C=O) groups is 2. The molecule has 8 nitrogen and oxygen atoms in total. The molecule has 0 aromatic heterocycles. The number of nitrogens with zero attached hydrogens (tertiary/aromatic N) is 2. The van der Waals surface area contributed by atoms with E-state index in [1.54, 1.807) is 7.11 Å². The summed E-state index contributed by atoms with van der Waals surface area (Å²) in [5.74, 6) is 0.246. The first-order chi connectivity index (χ1) is 16.6. The number of epoxide rings is 2. The minimum atomic E-state index is -0.341. The summed E-state index contributed by atoms with van der Waals surface area (Å²) >= 11 is 0. The van der Waals surface area contributed by atoms with Crippen molar-refractivity contribution in [1.29, 1.82) is 0 Å². The number of ether oxygens (including phenoxy) is 4. The van der Waals surface area contributed by atoms with Gasteiger partial charge in [0, 0.05) is 40.2 Å². The molecular formula is C27H42N2O6. The summed E-state index contributed by atoms with van der Waals surface area (Å²) in [4.78, 5) is 29.1. The summed E-state index contributed by atoms with van der Waals surface area (Å²) in [7, 11) is 3.58.